The quantitative estimate of drug-likeness (QED) is 0.183. The van der Waals surface area contributed by atoms with E-state index in [-0.39, 0.29) is 29.0 Å². The van der Waals surface area contributed by atoms with Crippen molar-refractivity contribution in [3.8, 4) is 11.5 Å². The number of rotatable bonds is 8. The number of oxime groups is 1. The van der Waals surface area contributed by atoms with Gasteiger partial charge in [-0.05, 0) is 53.9 Å². The normalized spacial score (nSPS) is 12.2. The van der Waals surface area contributed by atoms with Gasteiger partial charge in [0.05, 0.1) is 11.3 Å². The third-order valence-electron chi connectivity index (χ3n) is 6.17. The molecule has 1 aromatic heterocycles. The summed E-state index contributed by atoms with van der Waals surface area (Å²) in [5.41, 5.74) is 2.86. The SMILES string of the molecule is Cc1ccccc1C(CC(=NO)c1ccc(=O)n(C)c1)c1ccc(Oc2cccc(C(=O)O)c2)cc1F. The van der Waals surface area contributed by atoms with E-state index in [0.717, 1.165) is 11.1 Å². The van der Waals surface area contributed by atoms with Crippen molar-refractivity contribution >= 4 is 11.7 Å². The fourth-order valence-corrected chi connectivity index (χ4v) is 4.22. The smallest absolute Gasteiger partial charge is 0.335 e. The van der Waals surface area contributed by atoms with E-state index >= 15 is 4.39 Å². The molecular formula is C29H25FN2O5. The van der Waals surface area contributed by atoms with E-state index < -0.39 is 17.7 Å². The van der Waals surface area contributed by atoms with Gasteiger partial charge in [0.2, 0.25) is 5.56 Å². The number of carboxylic acid groups (broad SMARTS) is 1. The first-order chi connectivity index (χ1) is 17.8. The van der Waals surface area contributed by atoms with Crippen LogP contribution in [-0.2, 0) is 7.05 Å². The molecule has 4 rings (SSSR count). The number of aromatic nitrogens is 1. The minimum Gasteiger partial charge on any atom is -0.478 e. The molecule has 1 atom stereocenters. The first-order valence-corrected chi connectivity index (χ1v) is 11.5. The van der Waals surface area contributed by atoms with Crippen LogP contribution in [0.2, 0.25) is 0 Å². The minimum atomic E-state index is -1.09. The van der Waals surface area contributed by atoms with E-state index in [9.17, 15) is 19.9 Å². The lowest BCUT2D eigenvalue weighted by Gasteiger charge is -2.22. The molecule has 3 aromatic carbocycles. The van der Waals surface area contributed by atoms with Gasteiger partial charge in [-0.15, -0.1) is 0 Å². The standard InChI is InChI=1S/C29H25FN2O5/c1-18-6-3-4-9-23(18)25(16-27(31-36)20-10-13-28(33)32(2)17-20)24-12-11-22(15-26(24)30)37-21-8-5-7-19(14-21)29(34)35/h3-15,17,25,36H,16H2,1-2H3,(H,34,35). The van der Waals surface area contributed by atoms with Crippen LogP contribution in [0.4, 0.5) is 4.39 Å². The van der Waals surface area contributed by atoms with Crippen molar-refractivity contribution in [1.82, 2.24) is 4.57 Å². The summed E-state index contributed by atoms with van der Waals surface area (Å²) in [7, 11) is 1.60. The second-order valence-electron chi connectivity index (χ2n) is 8.65. The Morgan fingerprint density at radius 3 is 2.41 bits per heavy atom. The number of hydrogen-bond donors (Lipinski definition) is 2. The molecule has 0 spiro atoms. The van der Waals surface area contributed by atoms with E-state index in [1.165, 1.54) is 28.8 Å². The molecule has 0 saturated carbocycles. The topological polar surface area (TPSA) is 101 Å². The van der Waals surface area contributed by atoms with Gasteiger partial charge in [0.1, 0.15) is 17.3 Å². The van der Waals surface area contributed by atoms with Gasteiger partial charge in [-0.25, -0.2) is 9.18 Å². The molecule has 0 radical (unpaired) electrons. The molecule has 7 nitrogen and oxygen atoms in total. The number of carbonyl (C=O) groups is 1. The number of halogens is 1. The molecule has 1 heterocycles. The van der Waals surface area contributed by atoms with Gasteiger partial charge in [0.15, 0.2) is 0 Å². The van der Waals surface area contributed by atoms with E-state index in [2.05, 4.69) is 5.16 Å². The summed E-state index contributed by atoms with van der Waals surface area (Å²) >= 11 is 0. The van der Waals surface area contributed by atoms with Crippen LogP contribution in [0.3, 0.4) is 0 Å². The van der Waals surface area contributed by atoms with Gasteiger partial charge in [-0.3, -0.25) is 4.79 Å². The van der Waals surface area contributed by atoms with Crippen molar-refractivity contribution < 1.29 is 24.2 Å². The second kappa shape index (κ2) is 10.9. The summed E-state index contributed by atoms with van der Waals surface area (Å²) in [6.45, 7) is 1.93. The van der Waals surface area contributed by atoms with Crippen molar-refractivity contribution in [2.24, 2.45) is 12.2 Å². The van der Waals surface area contributed by atoms with Gasteiger partial charge < -0.3 is 19.6 Å². The van der Waals surface area contributed by atoms with Crippen molar-refractivity contribution in [2.45, 2.75) is 19.3 Å². The first kappa shape index (κ1) is 25.4. The molecule has 2 N–H and O–H groups in total. The Morgan fingerprint density at radius 2 is 1.73 bits per heavy atom. The van der Waals surface area contributed by atoms with E-state index in [1.54, 1.807) is 43.6 Å². The highest BCUT2D eigenvalue weighted by Crippen LogP contribution is 2.35. The van der Waals surface area contributed by atoms with Crippen LogP contribution in [0.25, 0.3) is 0 Å². The predicted octanol–water partition coefficient (Wildman–Crippen LogP) is 5.72. The number of pyridine rings is 1. The van der Waals surface area contributed by atoms with E-state index in [1.807, 2.05) is 31.2 Å². The minimum absolute atomic E-state index is 0.0587. The lowest BCUT2D eigenvalue weighted by molar-refractivity contribution is 0.0696. The number of carboxylic acids is 1. The first-order valence-electron chi connectivity index (χ1n) is 11.5. The van der Waals surface area contributed by atoms with Crippen LogP contribution in [0.5, 0.6) is 11.5 Å². The number of aromatic carboxylic acids is 1. The molecule has 0 aliphatic heterocycles. The molecule has 0 amide bonds. The zero-order chi connectivity index (χ0) is 26.5. The molecule has 0 saturated heterocycles. The average molecular weight is 501 g/mol. The molecule has 37 heavy (non-hydrogen) atoms. The van der Waals surface area contributed by atoms with Crippen LogP contribution in [0.1, 0.15) is 45.0 Å². The van der Waals surface area contributed by atoms with Crippen LogP contribution in [0.15, 0.2) is 95.0 Å². The molecule has 4 aromatic rings. The average Bonchev–Trinajstić information content (AvgIpc) is 2.88. The van der Waals surface area contributed by atoms with E-state index in [4.69, 9.17) is 4.74 Å². The molecule has 1 unspecified atom stereocenters. The zero-order valence-electron chi connectivity index (χ0n) is 20.3. The number of aryl methyl sites for hydroxylation is 2. The molecule has 0 aliphatic carbocycles. The predicted molar refractivity (Wildman–Crippen MR) is 138 cm³/mol. The lowest BCUT2D eigenvalue weighted by Crippen LogP contribution is -2.18. The Bertz CT molecular complexity index is 1540. The van der Waals surface area contributed by atoms with Gasteiger partial charge in [0, 0.05) is 43.3 Å². The number of ether oxygens (including phenoxy) is 1. The Morgan fingerprint density at radius 1 is 0.973 bits per heavy atom. The summed E-state index contributed by atoms with van der Waals surface area (Å²) in [5.74, 6) is -1.65. The lowest BCUT2D eigenvalue weighted by atomic mass is 9.83. The second-order valence-corrected chi connectivity index (χ2v) is 8.65. The maximum atomic E-state index is 15.6. The number of hydrogen-bond acceptors (Lipinski definition) is 5. The highest BCUT2D eigenvalue weighted by molar-refractivity contribution is 6.00. The summed E-state index contributed by atoms with van der Waals surface area (Å²) in [5, 5.41) is 22.5. The molecule has 0 fully saturated rings. The molecule has 188 valence electrons. The fraction of sp³-hybridized carbons (Fsp3) is 0.138. The van der Waals surface area contributed by atoms with Gasteiger partial charge in [-0.2, -0.15) is 0 Å². The number of benzene rings is 3. The third kappa shape index (κ3) is 5.75. The Kier molecular flexibility index (Phi) is 7.48. The zero-order valence-corrected chi connectivity index (χ0v) is 20.3. The molecular weight excluding hydrogens is 475 g/mol. The van der Waals surface area contributed by atoms with Crippen molar-refractivity contribution in [2.75, 3.05) is 0 Å². The van der Waals surface area contributed by atoms with Crippen LogP contribution >= 0.6 is 0 Å². The Balaban J connectivity index is 1.71. The Labute approximate surface area is 212 Å². The van der Waals surface area contributed by atoms with Crippen LogP contribution < -0.4 is 10.3 Å². The van der Waals surface area contributed by atoms with Crippen LogP contribution in [-0.4, -0.2) is 26.6 Å². The van der Waals surface area contributed by atoms with Gasteiger partial charge >= 0.3 is 5.97 Å². The molecule has 0 bridgehead atoms. The summed E-state index contributed by atoms with van der Waals surface area (Å²) in [4.78, 5) is 23.1. The van der Waals surface area contributed by atoms with Crippen LogP contribution in [0, 0.1) is 12.7 Å². The summed E-state index contributed by atoms with van der Waals surface area (Å²) < 4.78 is 22.7. The maximum absolute atomic E-state index is 15.6. The molecule has 8 heteroatoms. The molecule has 0 aliphatic rings. The Hall–Kier alpha value is -4.72. The highest BCUT2D eigenvalue weighted by Gasteiger charge is 2.24. The summed E-state index contributed by atoms with van der Waals surface area (Å²) in [6.07, 6.45) is 1.74. The van der Waals surface area contributed by atoms with Crippen molar-refractivity contribution in [3.63, 3.8) is 0 Å². The van der Waals surface area contributed by atoms with Crippen molar-refractivity contribution in [3.05, 3.63) is 129 Å². The number of nitrogens with zero attached hydrogens (tertiary/aromatic N) is 2. The van der Waals surface area contributed by atoms with E-state index in [0.29, 0.717) is 16.8 Å². The van der Waals surface area contributed by atoms with Crippen molar-refractivity contribution in [1.29, 1.82) is 0 Å². The highest BCUT2D eigenvalue weighted by atomic mass is 19.1. The largest absolute Gasteiger partial charge is 0.478 e. The monoisotopic (exact) mass is 500 g/mol. The fourth-order valence-electron chi connectivity index (χ4n) is 4.22. The third-order valence-corrected chi connectivity index (χ3v) is 6.17. The summed E-state index contributed by atoms with van der Waals surface area (Å²) in [6, 6.07) is 20.9. The van der Waals surface area contributed by atoms with Gasteiger partial charge in [0.25, 0.3) is 0 Å². The maximum Gasteiger partial charge on any atom is 0.335 e. The van der Waals surface area contributed by atoms with Gasteiger partial charge in [-0.1, -0.05) is 41.6 Å².